The largest absolute Gasteiger partial charge is 0.494 e. The van der Waals surface area contributed by atoms with Crippen LogP contribution in [0.2, 0.25) is 5.02 Å². The Hall–Kier alpha value is -4.32. The molecule has 4 aromatic rings. The van der Waals surface area contributed by atoms with E-state index in [2.05, 4.69) is 20.6 Å². The quantitative estimate of drug-likeness (QED) is 0.307. The molecule has 0 bridgehead atoms. The van der Waals surface area contributed by atoms with E-state index in [9.17, 15) is 23.2 Å². The van der Waals surface area contributed by atoms with E-state index in [0.717, 1.165) is 6.20 Å². The van der Waals surface area contributed by atoms with Crippen LogP contribution in [0.1, 0.15) is 58.6 Å². The Kier molecular flexibility index (Phi) is 8.53. The number of para-hydroxylation sites is 1. The molecule has 10 nitrogen and oxygen atoms in total. The fourth-order valence-electron chi connectivity index (χ4n) is 5.45. The number of carbonyl (C=O) groups is 2. The first-order valence-corrected chi connectivity index (χ1v) is 13.8. The Morgan fingerprint density at radius 2 is 1.86 bits per heavy atom. The zero-order chi connectivity index (χ0) is 30.0. The van der Waals surface area contributed by atoms with Gasteiger partial charge in [-0.15, -0.1) is 0 Å². The highest BCUT2D eigenvalue weighted by atomic mass is 35.5. The molecule has 0 unspecified atom stereocenters. The predicted molar refractivity (Wildman–Crippen MR) is 153 cm³/mol. The number of fused-ring (bicyclic) bond motifs is 1. The van der Waals surface area contributed by atoms with Crippen molar-refractivity contribution in [3.63, 3.8) is 0 Å². The average Bonchev–Trinajstić information content (AvgIpc) is 3.28. The average molecular weight is 599 g/mol. The van der Waals surface area contributed by atoms with Crippen LogP contribution in [0.15, 0.2) is 53.6 Å². The van der Waals surface area contributed by atoms with Gasteiger partial charge in [0, 0.05) is 25.8 Å². The number of alkyl halides is 2. The molecule has 3 heterocycles. The lowest BCUT2D eigenvalue weighted by atomic mass is 9.85. The molecule has 0 aliphatic heterocycles. The Balaban J connectivity index is 1.35. The van der Waals surface area contributed by atoms with Crippen molar-refractivity contribution in [2.45, 2.75) is 44.7 Å². The van der Waals surface area contributed by atoms with E-state index in [1.165, 1.54) is 31.0 Å². The minimum absolute atomic E-state index is 0.104. The highest BCUT2D eigenvalue weighted by Crippen LogP contribution is 2.31. The smallest absolute Gasteiger partial charge is 0.333 e. The molecule has 0 atom stereocenters. The van der Waals surface area contributed by atoms with E-state index in [0.29, 0.717) is 54.7 Å². The van der Waals surface area contributed by atoms with Crippen molar-refractivity contribution < 1.29 is 23.1 Å². The standard InChI is InChI=1S/C29H29ClF2N6O4/c1-33-28(40)21-11-10-19(14-34-21)38-25-22(4-3-5-23(25)42-2)37(29(38)41)15-16-6-8-18(9-7-16)36-27(39)20-12-17(30)13-35-24(20)26(31)32/h3-5,10-14,16,18,26H,6-9,15H2,1-2H3,(H,33,40)(H,36,39)/t16-,18-. The molecule has 1 aromatic carbocycles. The summed E-state index contributed by atoms with van der Waals surface area (Å²) in [6.45, 7) is 0.438. The molecule has 220 valence electrons. The molecule has 0 saturated heterocycles. The maximum Gasteiger partial charge on any atom is 0.333 e. The first kappa shape index (κ1) is 29.2. The maximum atomic E-state index is 13.8. The molecule has 1 fully saturated rings. The van der Waals surface area contributed by atoms with E-state index < -0.39 is 18.0 Å². The minimum Gasteiger partial charge on any atom is -0.494 e. The third-order valence-corrected chi connectivity index (χ3v) is 7.77. The molecule has 2 N–H and O–H groups in total. The molecule has 1 saturated carbocycles. The SMILES string of the molecule is CNC(=O)c1ccc(-n2c(=O)n(C[C@H]3CC[C@H](NC(=O)c4cc(Cl)cnc4C(F)F)CC3)c3cccc(OC)c32)cn1. The number of ether oxygens (including phenoxy) is 1. The van der Waals surface area contributed by atoms with Crippen LogP contribution >= 0.6 is 11.6 Å². The number of aromatic nitrogens is 4. The number of hydrogen-bond acceptors (Lipinski definition) is 6. The van der Waals surface area contributed by atoms with Gasteiger partial charge in [-0.3, -0.25) is 23.7 Å². The number of imidazole rings is 1. The number of hydrogen-bond donors (Lipinski definition) is 2. The number of benzene rings is 1. The van der Waals surface area contributed by atoms with E-state index in [1.54, 1.807) is 22.8 Å². The topological polar surface area (TPSA) is 120 Å². The van der Waals surface area contributed by atoms with Crippen molar-refractivity contribution in [1.82, 2.24) is 29.7 Å². The van der Waals surface area contributed by atoms with E-state index in [1.807, 2.05) is 12.1 Å². The summed E-state index contributed by atoms with van der Waals surface area (Å²) < 4.78 is 35.6. The van der Waals surface area contributed by atoms with Crippen LogP contribution in [0, 0.1) is 5.92 Å². The molecule has 0 spiro atoms. The molecule has 42 heavy (non-hydrogen) atoms. The fourth-order valence-corrected chi connectivity index (χ4v) is 5.61. The molecule has 1 aliphatic rings. The Morgan fingerprint density at radius 3 is 2.50 bits per heavy atom. The highest BCUT2D eigenvalue weighted by molar-refractivity contribution is 6.30. The van der Waals surface area contributed by atoms with Gasteiger partial charge in [-0.2, -0.15) is 0 Å². The van der Waals surface area contributed by atoms with E-state index >= 15 is 0 Å². The monoisotopic (exact) mass is 598 g/mol. The van der Waals surface area contributed by atoms with Crippen molar-refractivity contribution >= 4 is 34.4 Å². The van der Waals surface area contributed by atoms with Gasteiger partial charge in [-0.1, -0.05) is 17.7 Å². The van der Waals surface area contributed by atoms with Crippen LogP contribution in [-0.2, 0) is 6.54 Å². The van der Waals surface area contributed by atoms with Crippen LogP contribution in [0.3, 0.4) is 0 Å². The number of pyridine rings is 2. The van der Waals surface area contributed by atoms with Gasteiger partial charge in [0.25, 0.3) is 18.2 Å². The number of rotatable bonds is 8. The second-order valence-corrected chi connectivity index (χ2v) is 10.6. The third kappa shape index (κ3) is 5.71. The summed E-state index contributed by atoms with van der Waals surface area (Å²) in [5.74, 6) is -0.311. The molecule has 13 heteroatoms. The molecule has 5 rings (SSSR count). The van der Waals surface area contributed by atoms with Crippen molar-refractivity contribution in [3.05, 3.63) is 81.3 Å². The molecular formula is C29H29ClF2N6O4. The summed E-state index contributed by atoms with van der Waals surface area (Å²) in [5, 5.41) is 5.47. The van der Waals surface area contributed by atoms with Crippen molar-refractivity contribution in [3.8, 4) is 11.4 Å². The van der Waals surface area contributed by atoms with Crippen LogP contribution in [0.25, 0.3) is 16.7 Å². The molecule has 0 radical (unpaired) electrons. The summed E-state index contributed by atoms with van der Waals surface area (Å²) in [6, 6.07) is 9.66. The van der Waals surface area contributed by atoms with Gasteiger partial charge in [-0.25, -0.2) is 18.6 Å². The maximum absolute atomic E-state index is 13.8. The summed E-state index contributed by atoms with van der Waals surface area (Å²) in [5.41, 5.74) is 0.897. The summed E-state index contributed by atoms with van der Waals surface area (Å²) in [6.07, 6.45) is 2.34. The lowest BCUT2D eigenvalue weighted by Crippen LogP contribution is -2.39. The second kappa shape index (κ2) is 12.3. The lowest BCUT2D eigenvalue weighted by Gasteiger charge is -2.29. The Morgan fingerprint density at radius 1 is 1.10 bits per heavy atom. The normalized spacial score (nSPS) is 16.9. The van der Waals surface area contributed by atoms with E-state index in [-0.39, 0.29) is 39.8 Å². The van der Waals surface area contributed by atoms with Gasteiger partial charge in [0.05, 0.1) is 35.1 Å². The van der Waals surface area contributed by atoms with Gasteiger partial charge >= 0.3 is 5.69 Å². The number of amides is 2. The second-order valence-electron chi connectivity index (χ2n) is 10.1. The van der Waals surface area contributed by atoms with Crippen LogP contribution < -0.4 is 21.1 Å². The molecule has 1 aliphatic carbocycles. The van der Waals surface area contributed by atoms with E-state index in [4.69, 9.17) is 16.3 Å². The lowest BCUT2D eigenvalue weighted by molar-refractivity contribution is 0.0903. The van der Waals surface area contributed by atoms with Crippen molar-refractivity contribution in [2.75, 3.05) is 14.2 Å². The van der Waals surface area contributed by atoms with Gasteiger partial charge < -0.3 is 15.4 Å². The third-order valence-electron chi connectivity index (χ3n) is 7.56. The molecular weight excluding hydrogens is 570 g/mol. The Labute approximate surface area is 244 Å². The summed E-state index contributed by atoms with van der Waals surface area (Å²) in [4.78, 5) is 46.4. The molecule has 3 aromatic heterocycles. The summed E-state index contributed by atoms with van der Waals surface area (Å²) in [7, 11) is 3.05. The van der Waals surface area contributed by atoms with Gasteiger partial charge in [0.2, 0.25) is 0 Å². The van der Waals surface area contributed by atoms with Gasteiger partial charge in [0.15, 0.2) is 0 Å². The highest BCUT2D eigenvalue weighted by Gasteiger charge is 2.28. The van der Waals surface area contributed by atoms with Gasteiger partial charge in [-0.05, 0) is 61.9 Å². The number of nitrogens with one attached hydrogen (secondary N) is 2. The van der Waals surface area contributed by atoms with Crippen molar-refractivity contribution in [2.24, 2.45) is 5.92 Å². The predicted octanol–water partition coefficient (Wildman–Crippen LogP) is 4.53. The van der Waals surface area contributed by atoms with Crippen LogP contribution in [-0.4, -0.2) is 51.1 Å². The van der Waals surface area contributed by atoms with Crippen LogP contribution in [0.5, 0.6) is 5.75 Å². The first-order chi connectivity index (χ1) is 20.2. The fraction of sp³-hybridized carbons (Fsp3) is 0.345. The first-order valence-electron chi connectivity index (χ1n) is 13.4. The zero-order valence-electron chi connectivity index (χ0n) is 22.9. The van der Waals surface area contributed by atoms with Crippen LogP contribution in [0.4, 0.5) is 8.78 Å². The molecule has 2 amide bonds. The minimum atomic E-state index is -2.90. The number of halogens is 3. The summed E-state index contributed by atoms with van der Waals surface area (Å²) >= 11 is 5.90. The van der Waals surface area contributed by atoms with Gasteiger partial charge in [0.1, 0.15) is 22.7 Å². The number of methoxy groups -OCH3 is 1. The number of carbonyl (C=O) groups excluding carboxylic acids is 2. The zero-order valence-corrected chi connectivity index (χ0v) is 23.7. The van der Waals surface area contributed by atoms with Crippen molar-refractivity contribution in [1.29, 1.82) is 0 Å². The number of nitrogens with zero attached hydrogens (tertiary/aromatic N) is 4. The Bertz CT molecular complexity index is 1680.